The van der Waals surface area contributed by atoms with E-state index in [-0.39, 0.29) is 17.7 Å². The second kappa shape index (κ2) is 8.34. The number of benzene rings is 1. The molecule has 0 spiro atoms. The Balaban J connectivity index is 1.57. The predicted molar refractivity (Wildman–Crippen MR) is 102 cm³/mol. The van der Waals surface area contributed by atoms with Crippen molar-refractivity contribution in [1.82, 2.24) is 20.2 Å². The first-order chi connectivity index (χ1) is 12.6. The maximum Gasteiger partial charge on any atom is 0.222 e. The summed E-state index contributed by atoms with van der Waals surface area (Å²) in [4.78, 5) is 34.1. The van der Waals surface area contributed by atoms with E-state index in [1.165, 1.54) is 5.56 Å². The quantitative estimate of drug-likeness (QED) is 0.835. The van der Waals surface area contributed by atoms with Crippen molar-refractivity contribution in [2.24, 2.45) is 0 Å². The van der Waals surface area contributed by atoms with Crippen molar-refractivity contribution < 1.29 is 9.59 Å². The fourth-order valence-electron chi connectivity index (χ4n) is 3.61. The number of nitrogens with one attached hydrogen (secondary N) is 2. The molecule has 6 nitrogen and oxygen atoms in total. The third-order valence-corrected chi connectivity index (χ3v) is 4.98. The Morgan fingerprint density at radius 2 is 2.19 bits per heavy atom. The Labute approximate surface area is 154 Å². The zero-order valence-electron chi connectivity index (χ0n) is 15.7. The number of imidazole rings is 1. The second-order valence-corrected chi connectivity index (χ2v) is 7.13. The van der Waals surface area contributed by atoms with Crippen LogP contribution >= 0.6 is 0 Å². The summed E-state index contributed by atoms with van der Waals surface area (Å²) in [6.45, 7) is 6.12. The molecule has 6 heteroatoms. The minimum Gasteiger partial charge on any atom is -0.356 e. The number of aromatic amines is 1. The first kappa shape index (κ1) is 18.4. The number of rotatable bonds is 6. The monoisotopic (exact) mass is 356 g/mol. The van der Waals surface area contributed by atoms with Crippen LogP contribution in [-0.4, -0.2) is 46.3 Å². The fourth-order valence-corrected chi connectivity index (χ4v) is 3.61. The number of nitrogens with zero attached hydrogens (tertiary/aromatic N) is 2. The smallest absolute Gasteiger partial charge is 0.222 e. The summed E-state index contributed by atoms with van der Waals surface area (Å²) in [6, 6.07) is 6.22. The highest BCUT2D eigenvalue weighted by Crippen LogP contribution is 2.27. The van der Waals surface area contributed by atoms with Crippen LogP contribution in [0.3, 0.4) is 0 Å². The van der Waals surface area contributed by atoms with Crippen LogP contribution in [0.25, 0.3) is 11.0 Å². The van der Waals surface area contributed by atoms with Gasteiger partial charge in [-0.15, -0.1) is 0 Å². The van der Waals surface area contributed by atoms with Gasteiger partial charge >= 0.3 is 0 Å². The van der Waals surface area contributed by atoms with Crippen molar-refractivity contribution in [2.45, 2.75) is 51.9 Å². The zero-order chi connectivity index (χ0) is 18.5. The molecule has 0 radical (unpaired) electrons. The lowest BCUT2D eigenvalue weighted by atomic mass is 9.97. The molecule has 1 saturated heterocycles. The minimum atomic E-state index is 0.0226. The normalized spacial score (nSPS) is 17.5. The number of hydrogen-bond acceptors (Lipinski definition) is 3. The molecular weight excluding hydrogens is 328 g/mol. The molecule has 0 saturated carbocycles. The van der Waals surface area contributed by atoms with Gasteiger partial charge in [-0.25, -0.2) is 4.98 Å². The molecule has 26 heavy (non-hydrogen) atoms. The topological polar surface area (TPSA) is 78.1 Å². The van der Waals surface area contributed by atoms with Crippen LogP contribution in [0, 0.1) is 6.92 Å². The third-order valence-electron chi connectivity index (χ3n) is 4.98. The van der Waals surface area contributed by atoms with E-state index in [2.05, 4.69) is 29.4 Å². The van der Waals surface area contributed by atoms with E-state index in [4.69, 9.17) is 4.98 Å². The van der Waals surface area contributed by atoms with Crippen LogP contribution in [0.15, 0.2) is 18.2 Å². The molecule has 1 aromatic heterocycles. The number of hydrogen-bond donors (Lipinski definition) is 2. The maximum absolute atomic E-state index is 12.5. The Bertz CT molecular complexity index is 783. The first-order valence-corrected chi connectivity index (χ1v) is 9.57. The number of carbonyl (C=O) groups excluding carboxylic acids is 2. The molecule has 2 heterocycles. The lowest BCUT2D eigenvalue weighted by Crippen LogP contribution is -2.39. The van der Waals surface area contributed by atoms with Crippen LogP contribution in [0.2, 0.25) is 0 Å². The van der Waals surface area contributed by atoms with Gasteiger partial charge in [-0.3, -0.25) is 9.59 Å². The average molecular weight is 356 g/mol. The second-order valence-electron chi connectivity index (χ2n) is 7.13. The number of piperidine rings is 1. The highest BCUT2D eigenvalue weighted by Gasteiger charge is 2.26. The van der Waals surface area contributed by atoms with E-state index in [1.807, 2.05) is 17.9 Å². The van der Waals surface area contributed by atoms with Crippen molar-refractivity contribution in [3.05, 3.63) is 29.6 Å². The molecule has 1 fully saturated rings. The fraction of sp³-hybridized carbons (Fsp3) is 0.550. The van der Waals surface area contributed by atoms with Gasteiger partial charge in [0.2, 0.25) is 11.8 Å². The number of H-pyrrole nitrogens is 1. The summed E-state index contributed by atoms with van der Waals surface area (Å²) in [5.41, 5.74) is 3.25. The van der Waals surface area contributed by atoms with E-state index in [1.54, 1.807) is 0 Å². The number of amides is 2. The van der Waals surface area contributed by atoms with Crippen LogP contribution in [-0.2, 0) is 9.59 Å². The molecular formula is C20H28N4O2. The summed E-state index contributed by atoms with van der Waals surface area (Å²) >= 11 is 0. The van der Waals surface area contributed by atoms with Gasteiger partial charge < -0.3 is 15.2 Å². The molecule has 2 amide bonds. The molecule has 140 valence electrons. The molecule has 1 aliphatic heterocycles. The predicted octanol–water partition coefficient (Wildman–Crippen LogP) is 2.88. The molecule has 1 unspecified atom stereocenters. The summed E-state index contributed by atoms with van der Waals surface area (Å²) in [5.74, 6) is 1.40. The SMILES string of the molecule is CCNC(=O)CCCC(=O)N1CCCC(c2nc3ccc(C)cc3[nH]2)C1. The van der Waals surface area contributed by atoms with Crippen molar-refractivity contribution in [2.75, 3.05) is 19.6 Å². The van der Waals surface area contributed by atoms with Gasteiger partial charge in [0.1, 0.15) is 5.82 Å². The Kier molecular flexibility index (Phi) is 5.91. The van der Waals surface area contributed by atoms with Gasteiger partial charge in [-0.2, -0.15) is 0 Å². The van der Waals surface area contributed by atoms with Gasteiger partial charge in [0, 0.05) is 38.4 Å². The molecule has 3 rings (SSSR count). The first-order valence-electron chi connectivity index (χ1n) is 9.57. The van der Waals surface area contributed by atoms with Gasteiger partial charge in [0.15, 0.2) is 0 Å². The molecule has 1 atom stereocenters. The maximum atomic E-state index is 12.5. The lowest BCUT2D eigenvalue weighted by molar-refractivity contribution is -0.132. The summed E-state index contributed by atoms with van der Waals surface area (Å²) in [5, 5.41) is 2.77. The van der Waals surface area contributed by atoms with E-state index in [0.29, 0.717) is 32.4 Å². The van der Waals surface area contributed by atoms with Crippen LogP contribution in [0.5, 0.6) is 0 Å². The Hall–Kier alpha value is -2.37. The van der Waals surface area contributed by atoms with E-state index in [0.717, 1.165) is 36.2 Å². The number of aromatic nitrogens is 2. The van der Waals surface area contributed by atoms with Gasteiger partial charge in [0.25, 0.3) is 0 Å². The van der Waals surface area contributed by atoms with Gasteiger partial charge in [-0.05, 0) is 50.8 Å². The summed E-state index contributed by atoms with van der Waals surface area (Å²) < 4.78 is 0. The van der Waals surface area contributed by atoms with Crippen LogP contribution < -0.4 is 5.32 Å². The third kappa shape index (κ3) is 4.42. The van der Waals surface area contributed by atoms with Crippen molar-refractivity contribution in [3.8, 4) is 0 Å². The molecule has 1 aromatic carbocycles. The molecule has 0 bridgehead atoms. The van der Waals surface area contributed by atoms with Crippen molar-refractivity contribution in [1.29, 1.82) is 0 Å². The zero-order valence-corrected chi connectivity index (χ0v) is 15.7. The Morgan fingerprint density at radius 3 is 3.00 bits per heavy atom. The van der Waals surface area contributed by atoms with Gasteiger partial charge in [0.05, 0.1) is 11.0 Å². The van der Waals surface area contributed by atoms with E-state index >= 15 is 0 Å². The molecule has 0 aliphatic carbocycles. The largest absolute Gasteiger partial charge is 0.356 e. The van der Waals surface area contributed by atoms with Crippen LogP contribution in [0.4, 0.5) is 0 Å². The molecule has 1 aliphatic rings. The molecule has 2 N–H and O–H groups in total. The summed E-state index contributed by atoms with van der Waals surface area (Å²) in [6.07, 6.45) is 3.49. The Morgan fingerprint density at radius 1 is 1.35 bits per heavy atom. The number of carbonyl (C=O) groups is 2. The summed E-state index contributed by atoms with van der Waals surface area (Å²) in [7, 11) is 0. The minimum absolute atomic E-state index is 0.0226. The number of likely N-dealkylation sites (tertiary alicyclic amines) is 1. The van der Waals surface area contributed by atoms with Crippen LogP contribution in [0.1, 0.15) is 56.3 Å². The van der Waals surface area contributed by atoms with Crippen molar-refractivity contribution in [3.63, 3.8) is 0 Å². The lowest BCUT2D eigenvalue weighted by Gasteiger charge is -2.32. The van der Waals surface area contributed by atoms with Crippen molar-refractivity contribution >= 4 is 22.8 Å². The highest BCUT2D eigenvalue weighted by atomic mass is 16.2. The number of aryl methyl sites for hydroxylation is 1. The molecule has 2 aromatic rings. The standard InChI is InChI=1S/C20H28N4O2/c1-3-21-18(25)7-4-8-19(26)24-11-5-6-15(13-24)20-22-16-10-9-14(2)12-17(16)23-20/h9-10,12,15H,3-8,11,13H2,1-2H3,(H,21,25)(H,22,23). The number of fused-ring (bicyclic) bond motifs is 1. The van der Waals surface area contributed by atoms with Gasteiger partial charge in [-0.1, -0.05) is 6.07 Å². The van der Waals surface area contributed by atoms with E-state index in [9.17, 15) is 9.59 Å². The highest BCUT2D eigenvalue weighted by molar-refractivity contribution is 5.79. The van der Waals surface area contributed by atoms with E-state index < -0.39 is 0 Å². The average Bonchev–Trinajstić information content (AvgIpc) is 3.05.